The average molecular weight is 208 g/mol. The molecule has 0 aromatic heterocycles. The summed E-state index contributed by atoms with van der Waals surface area (Å²) < 4.78 is 18.5. The van der Waals surface area contributed by atoms with Crippen molar-refractivity contribution in [1.29, 1.82) is 0 Å². The highest BCUT2D eigenvalue weighted by molar-refractivity contribution is 5.94. The first-order valence-electron chi connectivity index (χ1n) is 4.69. The topological polar surface area (TPSA) is 26.3 Å². The largest absolute Gasteiger partial charge is 0.489 e. The molecule has 1 aromatic carbocycles. The fraction of sp³-hybridized carbons (Fsp3) is 0.250. The molecular formula is C12H13FO2. The molecule has 80 valence electrons. The molecule has 0 unspecified atom stereocenters. The summed E-state index contributed by atoms with van der Waals surface area (Å²) in [7, 11) is 0. The summed E-state index contributed by atoms with van der Waals surface area (Å²) >= 11 is 0. The number of hydrogen-bond acceptors (Lipinski definition) is 2. The Bertz CT molecular complexity index is 383. The molecule has 0 aliphatic heterocycles. The Balaban J connectivity index is 2.77. The lowest BCUT2D eigenvalue weighted by Gasteiger charge is -2.04. The predicted octanol–water partition coefficient (Wildman–Crippen LogP) is 2.98. The van der Waals surface area contributed by atoms with E-state index in [-0.39, 0.29) is 11.3 Å². The van der Waals surface area contributed by atoms with Crippen LogP contribution < -0.4 is 4.74 Å². The van der Waals surface area contributed by atoms with Crippen molar-refractivity contribution in [2.75, 3.05) is 6.61 Å². The van der Waals surface area contributed by atoms with Crippen molar-refractivity contribution in [2.45, 2.75) is 13.8 Å². The van der Waals surface area contributed by atoms with Crippen molar-refractivity contribution in [3.8, 4) is 5.75 Å². The van der Waals surface area contributed by atoms with Gasteiger partial charge in [-0.1, -0.05) is 12.2 Å². The first-order valence-corrected chi connectivity index (χ1v) is 4.69. The molecule has 3 heteroatoms. The quantitative estimate of drug-likeness (QED) is 0.561. The first kappa shape index (κ1) is 11.4. The van der Waals surface area contributed by atoms with Crippen LogP contribution in [0.1, 0.15) is 24.2 Å². The van der Waals surface area contributed by atoms with E-state index >= 15 is 0 Å². The highest BCUT2D eigenvalue weighted by Gasteiger charge is 2.07. The lowest BCUT2D eigenvalue weighted by atomic mass is 10.1. The molecule has 0 N–H and O–H groups in total. The third-order valence-electron chi connectivity index (χ3n) is 1.90. The first-order chi connectivity index (χ1) is 7.15. The van der Waals surface area contributed by atoms with Gasteiger partial charge in [0.05, 0.1) is 5.56 Å². The van der Waals surface area contributed by atoms with E-state index in [0.29, 0.717) is 12.4 Å². The van der Waals surface area contributed by atoms with Gasteiger partial charge >= 0.3 is 0 Å². The van der Waals surface area contributed by atoms with Gasteiger partial charge in [-0.25, -0.2) is 4.39 Å². The second-order valence-corrected chi connectivity index (χ2v) is 3.08. The molecule has 0 fully saturated rings. The van der Waals surface area contributed by atoms with Gasteiger partial charge in [0.1, 0.15) is 18.2 Å². The van der Waals surface area contributed by atoms with E-state index in [4.69, 9.17) is 4.74 Å². The van der Waals surface area contributed by atoms with E-state index in [1.807, 2.05) is 19.1 Å². The van der Waals surface area contributed by atoms with Crippen molar-refractivity contribution in [3.63, 3.8) is 0 Å². The molecule has 0 saturated carbocycles. The van der Waals surface area contributed by atoms with E-state index in [1.165, 1.54) is 19.1 Å². The van der Waals surface area contributed by atoms with Gasteiger partial charge in [-0.3, -0.25) is 4.79 Å². The lowest BCUT2D eigenvalue weighted by Crippen LogP contribution is -1.99. The maximum atomic E-state index is 13.3. The van der Waals surface area contributed by atoms with Crippen molar-refractivity contribution in [3.05, 3.63) is 41.7 Å². The minimum atomic E-state index is -0.541. The van der Waals surface area contributed by atoms with Gasteiger partial charge in [0.15, 0.2) is 5.78 Å². The summed E-state index contributed by atoms with van der Waals surface area (Å²) in [6.07, 6.45) is 3.66. The fourth-order valence-electron chi connectivity index (χ4n) is 1.11. The van der Waals surface area contributed by atoms with Gasteiger partial charge in [0.2, 0.25) is 0 Å². The smallest absolute Gasteiger partial charge is 0.162 e. The lowest BCUT2D eigenvalue weighted by molar-refractivity contribution is 0.101. The molecule has 0 saturated heterocycles. The van der Waals surface area contributed by atoms with E-state index < -0.39 is 5.82 Å². The van der Waals surface area contributed by atoms with Gasteiger partial charge in [-0.05, 0) is 26.0 Å². The molecule has 0 bridgehead atoms. The number of ether oxygens (including phenoxy) is 1. The molecule has 1 aromatic rings. The number of benzene rings is 1. The zero-order valence-corrected chi connectivity index (χ0v) is 8.79. The van der Waals surface area contributed by atoms with E-state index in [2.05, 4.69) is 0 Å². The van der Waals surface area contributed by atoms with Crippen LogP contribution in [0.3, 0.4) is 0 Å². The molecule has 0 amide bonds. The molecule has 0 aliphatic carbocycles. The third kappa shape index (κ3) is 3.20. The zero-order valence-electron chi connectivity index (χ0n) is 8.79. The van der Waals surface area contributed by atoms with Crippen molar-refractivity contribution >= 4 is 5.78 Å². The van der Waals surface area contributed by atoms with Gasteiger partial charge in [0.25, 0.3) is 0 Å². The summed E-state index contributed by atoms with van der Waals surface area (Å²) in [5.74, 6) is -0.399. The number of Topliss-reactive ketones (excluding diaryl/α,β-unsaturated/α-hetero) is 1. The molecule has 15 heavy (non-hydrogen) atoms. The standard InChI is InChI=1S/C12H13FO2/c1-3-4-7-15-10-5-6-11(9(2)14)12(13)8-10/h3-6,8H,7H2,1-2H3/b4-3+. The van der Waals surface area contributed by atoms with Crippen molar-refractivity contribution in [2.24, 2.45) is 0 Å². The van der Waals surface area contributed by atoms with Gasteiger partial charge in [-0.2, -0.15) is 0 Å². The minimum Gasteiger partial charge on any atom is -0.489 e. The number of rotatable bonds is 4. The summed E-state index contributed by atoms with van der Waals surface area (Å²) in [6, 6.07) is 4.24. The highest BCUT2D eigenvalue weighted by Crippen LogP contribution is 2.16. The molecular weight excluding hydrogens is 195 g/mol. The third-order valence-corrected chi connectivity index (χ3v) is 1.90. The molecule has 1 rings (SSSR count). The zero-order chi connectivity index (χ0) is 11.3. The molecule has 0 atom stereocenters. The van der Waals surface area contributed by atoms with E-state index in [9.17, 15) is 9.18 Å². The number of halogens is 1. The normalized spacial score (nSPS) is 10.6. The van der Waals surface area contributed by atoms with Crippen LogP contribution in [0, 0.1) is 5.82 Å². The molecule has 0 radical (unpaired) electrons. The fourth-order valence-corrected chi connectivity index (χ4v) is 1.11. The second kappa shape index (κ2) is 5.29. The number of allylic oxidation sites excluding steroid dienone is 1. The van der Waals surface area contributed by atoms with Crippen molar-refractivity contribution in [1.82, 2.24) is 0 Å². The molecule has 0 heterocycles. The molecule has 2 nitrogen and oxygen atoms in total. The van der Waals surface area contributed by atoms with Crippen LogP contribution in [0.4, 0.5) is 4.39 Å². The van der Waals surface area contributed by atoms with Crippen LogP contribution in [0.2, 0.25) is 0 Å². The van der Waals surface area contributed by atoms with Crippen LogP contribution in [-0.2, 0) is 0 Å². The second-order valence-electron chi connectivity index (χ2n) is 3.08. The molecule has 0 spiro atoms. The monoisotopic (exact) mass is 208 g/mol. The van der Waals surface area contributed by atoms with Crippen LogP contribution >= 0.6 is 0 Å². The number of ketones is 1. The minimum absolute atomic E-state index is 0.0911. The summed E-state index contributed by atoms with van der Waals surface area (Å²) in [5.41, 5.74) is 0.0911. The average Bonchev–Trinajstić information content (AvgIpc) is 2.17. The Morgan fingerprint density at radius 3 is 2.80 bits per heavy atom. The predicted molar refractivity (Wildman–Crippen MR) is 56.7 cm³/mol. The van der Waals surface area contributed by atoms with Crippen molar-refractivity contribution < 1.29 is 13.9 Å². The Morgan fingerprint density at radius 1 is 1.53 bits per heavy atom. The number of carbonyl (C=O) groups excluding carboxylic acids is 1. The number of hydrogen-bond donors (Lipinski definition) is 0. The van der Waals surface area contributed by atoms with Gasteiger partial charge in [-0.15, -0.1) is 0 Å². The van der Waals surface area contributed by atoms with E-state index in [0.717, 1.165) is 0 Å². The Kier molecular flexibility index (Phi) is 4.03. The van der Waals surface area contributed by atoms with Gasteiger partial charge < -0.3 is 4.74 Å². The summed E-state index contributed by atoms with van der Waals surface area (Å²) in [6.45, 7) is 3.61. The maximum Gasteiger partial charge on any atom is 0.162 e. The SMILES string of the molecule is C/C=C/COc1ccc(C(C)=O)c(F)c1. The Labute approximate surface area is 88.4 Å². The van der Waals surface area contributed by atoms with Crippen LogP contribution in [0.15, 0.2) is 30.4 Å². The van der Waals surface area contributed by atoms with Crippen LogP contribution in [0.25, 0.3) is 0 Å². The van der Waals surface area contributed by atoms with Crippen LogP contribution in [-0.4, -0.2) is 12.4 Å². The molecule has 0 aliphatic rings. The van der Waals surface area contributed by atoms with Gasteiger partial charge in [0, 0.05) is 6.07 Å². The maximum absolute atomic E-state index is 13.3. The van der Waals surface area contributed by atoms with Crippen LogP contribution in [0.5, 0.6) is 5.75 Å². The number of carbonyl (C=O) groups is 1. The summed E-state index contributed by atoms with van der Waals surface area (Å²) in [5, 5.41) is 0. The Hall–Kier alpha value is -1.64. The highest BCUT2D eigenvalue weighted by atomic mass is 19.1. The van der Waals surface area contributed by atoms with E-state index in [1.54, 1.807) is 6.07 Å². The Morgan fingerprint density at radius 2 is 2.27 bits per heavy atom. The summed E-state index contributed by atoms with van der Waals surface area (Å²) in [4.78, 5) is 10.9.